The molecule has 5 heteroatoms. The molecular formula is C16H19ClN2O2. The molecule has 2 heterocycles. The molecule has 1 saturated heterocycles. The predicted molar refractivity (Wildman–Crippen MR) is 84.1 cm³/mol. The summed E-state index contributed by atoms with van der Waals surface area (Å²) in [6.07, 6.45) is 2.73. The number of nitrogens with zero attached hydrogens (tertiary/aromatic N) is 2. The third-order valence-corrected chi connectivity index (χ3v) is 3.98. The molecule has 0 bridgehead atoms. The molecule has 0 aliphatic carbocycles. The molecule has 1 aromatic carbocycles. The SMILES string of the molecule is Clc1ccnc2cc(OCCCN3CCOCC3)ccc12. The van der Waals surface area contributed by atoms with Crippen molar-refractivity contribution in [3.05, 3.63) is 35.5 Å². The van der Waals surface area contributed by atoms with Gasteiger partial charge >= 0.3 is 0 Å². The number of ether oxygens (including phenoxy) is 2. The van der Waals surface area contributed by atoms with Crippen molar-refractivity contribution in [1.82, 2.24) is 9.88 Å². The number of hydrogen-bond acceptors (Lipinski definition) is 4. The molecule has 1 aliphatic rings. The molecule has 1 aromatic heterocycles. The van der Waals surface area contributed by atoms with E-state index in [1.54, 1.807) is 12.3 Å². The highest BCUT2D eigenvalue weighted by molar-refractivity contribution is 6.35. The number of fused-ring (bicyclic) bond motifs is 1. The lowest BCUT2D eigenvalue weighted by Crippen LogP contribution is -2.37. The average molecular weight is 307 g/mol. The molecule has 0 unspecified atom stereocenters. The van der Waals surface area contributed by atoms with Gasteiger partial charge in [-0.05, 0) is 24.6 Å². The maximum absolute atomic E-state index is 6.13. The maximum Gasteiger partial charge on any atom is 0.121 e. The molecule has 3 rings (SSSR count). The standard InChI is InChI=1S/C16H19ClN2O2/c17-15-4-5-18-16-12-13(2-3-14(15)16)21-9-1-6-19-7-10-20-11-8-19/h2-5,12H,1,6-11H2. The number of morpholine rings is 1. The van der Waals surface area contributed by atoms with Crippen molar-refractivity contribution in [3.63, 3.8) is 0 Å². The molecule has 0 spiro atoms. The second kappa shape index (κ2) is 7.07. The van der Waals surface area contributed by atoms with Gasteiger partial charge in [-0.3, -0.25) is 9.88 Å². The largest absolute Gasteiger partial charge is 0.493 e. The molecule has 0 radical (unpaired) electrons. The van der Waals surface area contributed by atoms with Gasteiger partial charge in [0.15, 0.2) is 0 Å². The zero-order chi connectivity index (χ0) is 14.5. The molecule has 4 nitrogen and oxygen atoms in total. The lowest BCUT2D eigenvalue weighted by molar-refractivity contribution is 0.0358. The van der Waals surface area contributed by atoms with Crippen molar-refractivity contribution in [2.45, 2.75) is 6.42 Å². The van der Waals surface area contributed by atoms with Gasteiger partial charge in [-0.1, -0.05) is 11.6 Å². The third-order valence-electron chi connectivity index (χ3n) is 3.65. The fraction of sp³-hybridized carbons (Fsp3) is 0.438. The van der Waals surface area contributed by atoms with Crippen molar-refractivity contribution >= 4 is 22.5 Å². The Bertz CT molecular complexity index is 600. The zero-order valence-corrected chi connectivity index (χ0v) is 12.7. The van der Waals surface area contributed by atoms with Gasteiger partial charge in [0.25, 0.3) is 0 Å². The molecular weight excluding hydrogens is 288 g/mol. The fourth-order valence-corrected chi connectivity index (χ4v) is 2.70. The van der Waals surface area contributed by atoms with Gasteiger partial charge in [0, 0.05) is 37.3 Å². The van der Waals surface area contributed by atoms with Crippen molar-refractivity contribution in [3.8, 4) is 5.75 Å². The van der Waals surface area contributed by atoms with E-state index < -0.39 is 0 Å². The van der Waals surface area contributed by atoms with Gasteiger partial charge < -0.3 is 9.47 Å². The van der Waals surface area contributed by atoms with E-state index in [0.29, 0.717) is 6.61 Å². The summed E-state index contributed by atoms with van der Waals surface area (Å²) >= 11 is 6.13. The third kappa shape index (κ3) is 3.84. The van der Waals surface area contributed by atoms with Crippen LogP contribution in [-0.4, -0.2) is 49.3 Å². The first-order valence-electron chi connectivity index (χ1n) is 7.30. The van der Waals surface area contributed by atoms with Crippen LogP contribution in [0.3, 0.4) is 0 Å². The van der Waals surface area contributed by atoms with E-state index in [1.165, 1.54) is 0 Å². The Morgan fingerprint density at radius 2 is 2.10 bits per heavy atom. The average Bonchev–Trinajstić information content (AvgIpc) is 2.53. The van der Waals surface area contributed by atoms with Crippen LogP contribution in [-0.2, 0) is 4.74 Å². The monoisotopic (exact) mass is 306 g/mol. The first-order valence-corrected chi connectivity index (χ1v) is 7.68. The molecule has 0 atom stereocenters. The summed E-state index contributed by atoms with van der Waals surface area (Å²) in [4.78, 5) is 6.73. The highest BCUT2D eigenvalue weighted by Crippen LogP contribution is 2.25. The topological polar surface area (TPSA) is 34.6 Å². The normalized spacial score (nSPS) is 16.2. The molecule has 0 saturated carbocycles. The van der Waals surface area contributed by atoms with Gasteiger partial charge in [-0.25, -0.2) is 0 Å². The Kier molecular flexibility index (Phi) is 4.91. The van der Waals surface area contributed by atoms with Crippen LogP contribution in [0.1, 0.15) is 6.42 Å². The molecule has 2 aromatic rings. The quantitative estimate of drug-likeness (QED) is 0.795. The van der Waals surface area contributed by atoms with Crippen LogP contribution < -0.4 is 4.74 Å². The first kappa shape index (κ1) is 14.6. The first-order chi connectivity index (χ1) is 10.3. The zero-order valence-electron chi connectivity index (χ0n) is 11.9. The Morgan fingerprint density at radius 1 is 1.24 bits per heavy atom. The molecule has 1 aliphatic heterocycles. The van der Waals surface area contributed by atoms with Crippen LogP contribution in [0.25, 0.3) is 10.9 Å². The van der Waals surface area contributed by atoms with Crippen LogP contribution in [0.5, 0.6) is 5.75 Å². The number of halogens is 1. The summed E-state index contributed by atoms with van der Waals surface area (Å²) < 4.78 is 11.1. The predicted octanol–water partition coefficient (Wildman–Crippen LogP) is 2.99. The Labute approximate surface area is 129 Å². The van der Waals surface area contributed by atoms with E-state index in [9.17, 15) is 0 Å². The molecule has 21 heavy (non-hydrogen) atoms. The van der Waals surface area contributed by atoms with E-state index in [-0.39, 0.29) is 0 Å². The number of hydrogen-bond donors (Lipinski definition) is 0. The summed E-state index contributed by atoms with van der Waals surface area (Å²) in [5.41, 5.74) is 0.869. The van der Waals surface area contributed by atoms with Crippen LogP contribution in [0.15, 0.2) is 30.5 Å². The summed E-state index contributed by atoms with van der Waals surface area (Å²) in [5.74, 6) is 0.847. The van der Waals surface area contributed by atoms with Gasteiger partial charge in [0.05, 0.1) is 30.4 Å². The number of benzene rings is 1. The fourth-order valence-electron chi connectivity index (χ4n) is 2.49. The lowest BCUT2D eigenvalue weighted by atomic mass is 10.2. The van der Waals surface area contributed by atoms with Crippen molar-refractivity contribution in [1.29, 1.82) is 0 Å². The second-order valence-electron chi connectivity index (χ2n) is 5.13. The van der Waals surface area contributed by atoms with Gasteiger partial charge in [0.1, 0.15) is 5.75 Å². The smallest absolute Gasteiger partial charge is 0.121 e. The Balaban J connectivity index is 1.51. The molecule has 112 valence electrons. The van der Waals surface area contributed by atoms with E-state index in [0.717, 1.165) is 60.9 Å². The Morgan fingerprint density at radius 3 is 2.95 bits per heavy atom. The van der Waals surface area contributed by atoms with Crippen LogP contribution in [0.4, 0.5) is 0 Å². The summed E-state index contributed by atoms with van der Waals surface area (Å²) in [5, 5.41) is 1.68. The van der Waals surface area contributed by atoms with Crippen molar-refractivity contribution in [2.75, 3.05) is 39.5 Å². The summed E-state index contributed by atoms with van der Waals surface area (Å²) in [6.45, 7) is 5.51. The van der Waals surface area contributed by atoms with E-state index in [4.69, 9.17) is 21.1 Å². The summed E-state index contributed by atoms with van der Waals surface area (Å²) in [7, 11) is 0. The van der Waals surface area contributed by atoms with E-state index >= 15 is 0 Å². The van der Waals surface area contributed by atoms with Crippen molar-refractivity contribution in [2.24, 2.45) is 0 Å². The van der Waals surface area contributed by atoms with E-state index in [1.807, 2.05) is 18.2 Å². The van der Waals surface area contributed by atoms with Gasteiger partial charge in [-0.2, -0.15) is 0 Å². The van der Waals surface area contributed by atoms with Gasteiger partial charge in [0.2, 0.25) is 0 Å². The minimum absolute atomic E-state index is 0.712. The lowest BCUT2D eigenvalue weighted by Gasteiger charge is -2.26. The maximum atomic E-state index is 6.13. The Hall–Kier alpha value is -1.36. The number of rotatable bonds is 5. The van der Waals surface area contributed by atoms with Crippen molar-refractivity contribution < 1.29 is 9.47 Å². The number of pyridine rings is 1. The highest BCUT2D eigenvalue weighted by atomic mass is 35.5. The summed E-state index contributed by atoms with van der Waals surface area (Å²) in [6, 6.07) is 7.65. The minimum atomic E-state index is 0.712. The highest BCUT2D eigenvalue weighted by Gasteiger charge is 2.09. The van der Waals surface area contributed by atoms with Gasteiger partial charge in [-0.15, -0.1) is 0 Å². The molecule has 0 N–H and O–H groups in total. The minimum Gasteiger partial charge on any atom is -0.493 e. The van der Waals surface area contributed by atoms with Crippen LogP contribution >= 0.6 is 11.6 Å². The van der Waals surface area contributed by atoms with Crippen LogP contribution in [0, 0.1) is 0 Å². The molecule has 1 fully saturated rings. The number of aromatic nitrogens is 1. The van der Waals surface area contributed by atoms with E-state index in [2.05, 4.69) is 9.88 Å². The van der Waals surface area contributed by atoms with Crippen LogP contribution in [0.2, 0.25) is 5.02 Å². The molecule has 0 amide bonds. The second-order valence-corrected chi connectivity index (χ2v) is 5.53.